The molecule has 2 rings (SSSR count). The molecule has 2 N–H and O–H groups in total. The van der Waals surface area contributed by atoms with Crippen LogP contribution in [-0.4, -0.2) is 20.4 Å². The number of nitrogens with zero attached hydrogens (tertiary/aromatic N) is 4. The highest BCUT2D eigenvalue weighted by molar-refractivity contribution is 7.99. The second kappa shape index (κ2) is 3.55. The predicted molar refractivity (Wildman–Crippen MR) is 53.7 cm³/mol. The molecule has 0 unspecified atom stereocenters. The largest absolute Gasteiger partial charge is 0.398 e. The summed E-state index contributed by atoms with van der Waals surface area (Å²) < 4.78 is 1.78. The van der Waals surface area contributed by atoms with Gasteiger partial charge in [0.1, 0.15) is 0 Å². The lowest BCUT2D eigenvalue weighted by Crippen LogP contribution is -1.91. The highest BCUT2D eigenvalue weighted by atomic mass is 32.2. The Balaban J connectivity index is 2.46. The van der Waals surface area contributed by atoms with Crippen molar-refractivity contribution in [2.75, 3.05) is 11.5 Å². The Bertz CT molecular complexity index is 498. The molecular weight excluding hydrogens is 198 g/mol. The van der Waals surface area contributed by atoms with Gasteiger partial charge in [0.25, 0.3) is 0 Å². The van der Waals surface area contributed by atoms with Gasteiger partial charge in [0, 0.05) is 11.9 Å². The van der Waals surface area contributed by atoms with Gasteiger partial charge in [-0.3, -0.25) is 4.40 Å². The lowest BCUT2D eigenvalue weighted by Gasteiger charge is -1.97. The number of fused-ring (bicyclic) bond motifs is 1. The monoisotopic (exact) mass is 205 g/mol. The van der Waals surface area contributed by atoms with E-state index in [9.17, 15) is 0 Å². The van der Waals surface area contributed by atoms with Crippen molar-refractivity contribution >= 4 is 23.1 Å². The van der Waals surface area contributed by atoms with E-state index in [2.05, 4.69) is 10.2 Å². The molecular formula is C8H7N5S. The zero-order chi connectivity index (χ0) is 9.97. The van der Waals surface area contributed by atoms with E-state index in [1.54, 1.807) is 22.7 Å². The van der Waals surface area contributed by atoms with Crippen molar-refractivity contribution in [2.24, 2.45) is 0 Å². The summed E-state index contributed by atoms with van der Waals surface area (Å²) in [6.45, 7) is 0. The average Bonchev–Trinajstić information content (AvgIpc) is 2.57. The van der Waals surface area contributed by atoms with E-state index in [-0.39, 0.29) is 0 Å². The van der Waals surface area contributed by atoms with Crippen LogP contribution in [0.2, 0.25) is 0 Å². The maximum Gasteiger partial charge on any atom is 0.196 e. The summed E-state index contributed by atoms with van der Waals surface area (Å²) in [5.41, 5.74) is 7.01. The minimum Gasteiger partial charge on any atom is -0.398 e. The van der Waals surface area contributed by atoms with Gasteiger partial charge in [0.2, 0.25) is 0 Å². The summed E-state index contributed by atoms with van der Waals surface area (Å²) in [5, 5.41) is 17.0. The molecule has 0 aliphatic heterocycles. The number of thioether (sulfide) groups is 1. The Kier molecular flexibility index (Phi) is 2.24. The minimum absolute atomic E-state index is 0.357. The molecule has 0 amide bonds. The summed E-state index contributed by atoms with van der Waals surface area (Å²) in [5.74, 6) is 0.357. The zero-order valence-electron chi connectivity index (χ0n) is 7.21. The molecule has 2 aromatic heterocycles. The molecule has 0 aliphatic carbocycles. The second-order valence-corrected chi connectivity index (χ2v) is 3.56. The molecule has 0 radical (unpaired) electrons. The summed E-state index contributed by atoms with van der Waals surface area (Å²) in [6, 6.07) is 5.59. The van der Waals surface area contributed by atoms with E-state index in [1.165, 1.54) is 11.8 Å². The molecule has 14 heavy (non-hydrogen) atoms. The molecule has 0 saturated heterocycles. The molecule has 70 valence electrons. The number of hydrogen-bond donors (Lipinski definition) is 1. The molecule has 2 aromatic rings. The van der Waals surface area contributed by atoms with Crippen LogP contribution in [-0.2, 0) is 0 Å². The fourth-order valence-corrected chi connectivity index (χ4v) is 1.66. The molecule has 0 saturated carbocycles. The first-order valence-electron chi connectivity index (χ1n) is 3.91. The zero-order valence-corrected chi connectivity index (χ0v) is 8.03. The van der Waals surface area contributed by atoms with E-state index in [0.717, 1.165) is 5.65 Å². The Morgan fingerprint density at radius 3 is 3.14 bits per heavy atom. The van der Waals surface area contributed by atoms with Gasteiger partial charge in [-0.15, -0.1) is 10.2 Å². The summed E-state index contributed by atoms with van der Waals surface area (Å²) >= 11 is 1.34. The molecule has 5 nitrogen and oxygen atoms in total. The molecule has 0 aliphatic rings. The van der Waals surface area contributed by atoms with Crippen molar-refractivity contribution in [2.45, 2.75) is 5.16 Å². The fraction of sp³-hybridized carbons (Fsp3) is 0.125. The number of pyridine rings is 1. The van der Waals surface area contributed by atoms with Gasteiger partial charge in [0.15, 0.2) is 10.8 Å². The smallest absolute Gasteiger partial charge is 0.196 e. The van der Waals surface area contributed by atoms with E-state index < -0.39 is 0 Å². The summed E-state index contributed by atoms with van der Waals surface area (Å²) in [6.07, 6.45) is 1.75. The van der Waals surface area contributed by atoms with Gasteiger partial charge in [0.05, 0.1) is 11.8 Å². The van der Waals surface area contributed by atoms with Crippen LogP contribution in [0.15, 0.2) is 23.5 Å². The molecule has 0 bridgehead atoms. The van der Waals surface area contributed by atoms with Crippen LogP contribution in [0.1, 0.15) is 0 Å². The topological polar surface area (TPSA) is 80.0 Å². The van der Waals surface area contributed by atoms with Gasteiger partial charge in [-0.25, -0.2) is 0 Å². The summed E-state index contributed by atoms with van der Waals surface area (Å²) in [4.78, 5) is 0. The van der Waals surface area contributed by atoms with Crippen LogP contribution in [0, 0.1) is 11.3 Å². The third-order valence-electron chi connectivity index (χ3n) is 1.66. The summed E-state index contributed by atoms with van der Waals surface area (Å²) in [7, 11) is 0. The molecule has 6 heteroatoms. The molecule has 0 fully saturated rings. The van der Waals surface area contributed by atoms with Crippen molar-refractivity contribution in [3.63, 3.8) is 0 Å². The first-order valence-corrected chi connectivity index (χ1v) is 4.90. The molecule has 0 aromatic carbocycles. The number of nitrogen functional groups attached to an aromatic ring is 1. The second-order valence-electron chi connectivity index (χ2n) is 2.62. The lowest BCUT2D eigenvalue weighted by molar-refractivity contribution is 0.924. The van der Waals surface area contributed by atoms with Crippen molar-refractivity contribution in [1.29, 1.82) is 5.26 Å². The Morgan fingerprint density at radius 2 is 2.36 bits per heavy atom. The number of hydrogen-bond acceptors (Lipinski definition) is 5. The van der Waals surface area contributed by atoms with E-state index in [0.29, 0.717) is 16.6 Å². The van der Waals surface area contributed by atoms with E-state index in [4.69, 9.17) is 11.0 Å². The average molecular weight is 205 g/mol. The quantitative estimate of drug-likeness (QED) is 0.737. The molecule has 2 heterocycles. The number of nitrogens with two attached hydrogens (primary N) is 1. The van der Waals surface area contributed by atoms with Crippen molar-refractivity contribution in [3.05, 3.63) is 18.3 Å². The van der Waals surface area contributed by atoms with Crippen LogP contribution in [0.25, 0.3) is 5.65 Å². The highest BCUT2D eigenvalue weighted by Gasteiger charge is 2.04. The predicted octanol–water partition coefficient (Wildman–Crippen LogP) is 0.927. The maximum absolute atomic E-state index is 8.44. The SMILES string of the molecule is N#CCSc1nnc2ccc(N)cn12. The van der Waals surface area contributed by atoms with E-state index in [1.807, 2.05) is 6.07 Å². The number of nitriles is 1. The third kappa shape index (κ3) is 1.49. The van der Waals surface area contributed by atoms with Crippen molar-refractivity contribution in [1.82, 2.24) is 14.6 Å². The minimum atomic E-state index is 0.357. The van der Waals surface area contributed by atoms with Gasteiger partial charge in [-0.05, 0) is 12.1 Å². The normalized spacial score (nSPS) is 10.2. The fourth-order valence-electron chi connectivity index (χ4n) is 1.08. The van der Waals surface area contributed by atoms with Gasteiger partial charge in [-0.1, -0.05) is 11.8 Å². The Labute approximate surface area is 84.5 Å². The van der Waals surface area contributed by atoms with Crippen LogP contribution < -0.4 is 5.73 Å². The maximum atomic E-state index is 8.44. The van der Waals surface area contributed by atoms with Crippen LogP contribution in [0.5, 0.6) is 0 Å². The van der Waals surface area contributed by atoms with Gasteiger partial charge in [-0.2, -0.15) is 5.26 Å². The number of rotatable bonds is 2. The standard InChI is InChI=1S/C8H7N5S/c9-3-4-14-8-12-11-7-2-1-6(10)5-13(7)8/h1-2,5H,4,10H2. The first kappa shape index (κ1) is 8.84. The van der Waals surface area contributed by atoms with Crippen LogP contribution >= 0.6 is 11.8 Å². The van der Waals surface area contributed by atoms with Crippen LogP contribution in [0.4, 0.5) is 5.69 Å². The lowest BCUT2D eigenvalue weighted by atomic mass is 10.4. The van der Waals surface area contributed by atoms with Crippen molar-refractivity contribution in [3.8, 4) is 6.07 Å². The molecule has 0 spiro atoms. The number of anilines is 1. The first-order chi connectivity index (χ1) is 6.81. The van der Waals surface area contributed by atoms with Gasteiger partial charge >= 0.3 is 0 Å². The van der Waals surface area contributed by atoms with E-state index >= 15 is 0 Å². The Hall–Kier alpha value is -1.74. The number of aromatic nitrogens is 3. The van der Waals surface area contributed by atoms with Crippen LogP contribution in [0.3, 0.4) is 0 Å². The highest BCUT2D eigenvalue weighted by Crippen LogP contribution is 2.17. The third-order valence-corrected chi connectivity index (χ3v) is 2.47. The Morgan fingerprint density at radius 1 is 1.50 bits per heavy atom. The van der Waals surface area contributed by atoms with Gasteiger partial charge < -0.3 is 5.73 Å². The molecule has 0 atom stereocenters. The van der Waals surface area contributed by atoms with Crippen molar-refractivity contribution < 1.29 is 0 Å².